The Labute approximate surface area is 73.8 Å². The first-order valence-corrected chi connectivity index (χ1v) is 4.42. The number of carbonyl (C=O) groups is 1. The number of rotatable bonds is 0. The van der Waals surface area contributed by atoms with Gasteiger partial charge in [0.25, 0.3) is 0 Å². The molecule has 2 heterocycles. The van der Waals surface area contributed by atoms with Gasteiger partial charge in [-0.25, -0.2) is 9.78 Å². The van der Waals surface area contributed by atoms with Crippen LogP contribution in [0.2, 0.25) is 0 Å². The number of thioether (sulfide) groups is 1. The van der Waals surface area contributed by atoms with Crippen LogP contribution in [-0.2, 0) is 0 Å². The average Bonchev–Trinajstić information content (AvgIpc) is 2.47. The molecule has 0 saturated heterocycles. The SMILES string of the molecule is NC(=O)N1CSc2ncccc21. The minimum Gasteiger partial charge on any atom is -0.351 e. The van der Waals surface area contributed by atoms with Crippen LogP contribution >= 0.6 is 11.8 Å². The largest absolute Gasteiger partial charge is 0.351 e. The number of primary amides is 1. The zero-order chi connectivity index (χ0) is 8.55. The van der Waals surface area contributed by atoms with Crippen molar-refractivity contribution >= 4 is 23.5 Å². The first-order chi connectivity index (χ1) is 5.79. The highest BCUT2D eigenvalue weighted by atomic mass is 32.2. The van der Waals surface area contributed by atoms with E-state index >= 15 is 0 Å². The minimum absolute atomic E-state index is 0.422. The van der Waals surface area contributed by atoms with Crippen LogP contribution in [0.15, 0.2) is 23.4 Å². The molecule has 4 nitrogen and oxygen atoms in total. The van der Waals surface area contributed by atoms with Crippen molar-refractivity contribution in [1.82, 2.24) is 4.98 Å². The number of aromatic nitrogens is 1. The molecule has 0 bridgehead atoms. The van der Waals surface area contributed by atoms with Crippen LogP contribution < -0.4 is 10.6 Å². The van der Waals surface area contributed by atoms with Crippen molar-refractivity contribution in [1.29, 1.82) is 0 Å². The van der Waals surface area contributed by atoms with Crippen molar-refractivity contribution in [2.75, 3.05) is 10.8 Å². The van der Waals surface area contributed by atoms with Gasteiger partial charge in [0.05, 0.1) is 11.6 Å². The lowest BCUT2D eigenvalue weighted by Gasteiger charge is -2.11. The molecule has 0 fully saturated rings. The van der Waals surface area contributed by atoms with Gasteiger partial charge in [0, 0.05) is 6.20 Å². The van der Waals surface area contributed by atoms with E-state index < -0.39 is 6.03 Å². The van der Waals surface area contributed by atoms with Crippen LogP contribution in [-0.4, -0.2) is 16.9 Å². The van der Waals surface area contributed by atoms with Gasteiger partial charge in [-0.05, 0) is 12.1 Å². The van der Waals surface area contributed by atoms with E-state index in [1.54, 1.807) is 12.3 Å². The fourth-order valence-electron chi connectivity index (χ4n) is 1.08. The molecular formula is C7H7N3OS. The van der Waals surface area contributed by atoms with Crippen LogP contribution in [0.25, 0.3) is 0 Å². The molecule has 0 aliphatic carbocycles. The molecule has 0 saturated carbocycles. The molecule has 1 aromatic rings. The molecule has 2 rings (SSSR count). The Morgan fingerprint density at radius 1 is 1.75 bits per heavy atom. The van der Waals surface area contributed by atoms with E-state index in [-0.39, 0.29) is 0 Å². The molecule has 5 heteroatoms. The zero-order valence-corrected chi connectivity index (χ0v) is 7.04. The molecule has 0 atom stereocenters. The number of hydrogen-bond donors (Lipinski definition) is 1. The van der Waals surface area contributed by atoms with Gasteiger partial charge in [0.2, 0.25) is 0 Å². The van der Waals surface area contributed by atoms with Gasteiger partial charge in [-0.3, -0.25) is 4.90 Å². The molecule has 0 radical (unpaired) electrons. The number of nitrogens with zero attached hydrogens (tertiary/aromatic N) is 2. The summed E-state index contributed by atoms with van der Waals surface area (Å²) in [5.74, 6) is 0.571. The van der Waals surface area contributed by atoms with Crippen molar-refractivity contribution in [3.63, 3.8) is 0 Å². The number of urea groups is 1. The number of amides is 2. The lowest BCUT2D eigenvalue weighted by atomic mass is 10.4. The van der Waals surface area contributed by atoms with Gasteiger partial charge in [0.15, 0.2) is 0 Å². The highest BCUT2D eigenvalue weighted by Crippen LogP contribution is 2.35. The number of nitrogens with two attached hydrogens (primary N) is 1. The second-order valence-electron chi connectivity index (χ2n) is 2.37. The summed E-state index contributed by atoms with van der Waals surface area (Å²) < 4.78 is 0. The summed E-state index contributed by atoms with van der Waals surface area (Å²) >= 11 is 1.52. The van der Waals surface area contributed by atoms with E-state index in [0.717, 1.165) is 10.7 Å². The number of pyridine rings is 1. The predicted octanol–water partition coefficient (Wildman–Crippen LogP) is 1.03. The predicted molar refractivity (Wildman–Crippen MR) is 47.0 cm³/mol. The molecular weight excluding hydrogens is 174 g/mol. The maximum absolute atomic E-state index is 10.9. The van der Waals surface area contributed by atoms with E-state index in [1.165, 1.54) is 16.7 Å². The summed E-state index contributed by atoms with van der Waals surface area (Å²) in [6, 6.07) is 3.21. The quantitative estimate of drug-likeness (QED) is 0.650. The summed E-state index contributed by atoms with van der Waals surface area (Å²) in [5, 5.41) is 0.872. The van der Waals surface area contributed by atoms with Crippen molar-refractivity contribution in [3.8, 4) is 0 Å². The van der Waals surface area contributed by atoms with E-state index in [4.69, 9.17) is 5.73 Å². The molecule has 2 N–H and O–H groups in total. The zero-order valence-electron chi connectivity index (χ0n) is 6.23. The Kier molecular flexibility index (Phi) is 1.65. The van der Waals surface area contributed by atoms with E-state index in [9.17, 15) is 4.79 Å². The summed E-state index contributed by atoms with van der Waals surface area (Å²) in [6.07, 6.45) is 1.70. The molecule has 1 aromatic heterocycles. The number of fused-ring (bicyclic) bond motifs is 1. The Balaban J connectivity index is 2.42. The Morgan fingerprint density at radius 3 is 3.33 bits per heavy atom. The summed E-state index contributed by atoms with van der Waals surface area (Å²) in [5.41, 5.74) is 5.97. The van der Waals surface area contributed by atoms with Gasteiger partial charge in [0.1, 0.15) is 5.03 Å². The molecule has 62 valence electrons. The standard InChI is InChI=1S/C7H7N3OS/c8-7(11)10-4-12-6-5(10)2-1-3-9-6/h1-3H,4H2,(H2,8,11). The Bertz CT molecular complexity index is 328. The summed E-state index contributed by atoms with van der Waals surface area (Å²) in [4.78, 5) is 16.5. The summed E-state index contributed by atoms with van der Waals surface area (Å²) in [7, 11) is 0. The number of hydrogen-bond acceptors (Lipinski definition) is 3. The lowest BCUT2D eigenvalue weighted by Crippen LogP contribution is -2.33. The van der Waals surface area contributed by atoms with Gasteiger partial charge < -0.3 is 5.73 Å². The van der Waals surface area contributed by atoms with E-state index in [1.807, 2.05) is 6.07 Å². The van der Waals surface area contributed by atoms with Crippen molar-refractivity contribution in [2.45, 2.75) is 5.03 Å². The topological polar surface area (TPSA) is 59.2 Å². The maximum Gasteiger partial charge on any atom is 0.320 e. The van der Waals surface area contributed by atoms with Crippen LogP contribution in [0.1, 0.15) is 0 Å². The summed E-state index contributed by atoms with van der Waals surface area (Å²) in [6.45, 7) is 0. The molecule has 1 aliphatic heterocycles. The third-order valence-electron chi connectivity index (χ3n) is 1.64. The highest BCUT2D eigenvalue weighted by molar-refractivity contribution is 7.99. The molecule has 12 heavy (non-hydrogen) atoms. The van der Waals surface area contributed by atoms with Crippen LogP contribution in [0.4, 0.5) is 10.5 Å². The van der Waals surface area contributed by atoms with Crippen molar-refractivity contribution in [3.05, 3.63) is 18.3 Å². The van der Waals surface area contributed by atoms with Crippen LogP contribution in [0.5, 0.6) is 0 Å². The molecule has 0 aromatic carbocycles. The van der Waals surface area contributed by atoms with Crippen molar-refractivity contribution < 1.29 is 4.79 Å². The van der Waals surface area contributed by atoms with Gasteiger partial charge >= 0.3 is 6.03 Å². The lowest BCUT2D eigenvalue weighted by molar-refractivity contribution is 0.255. The fourth-order valence-corrected chi connectivity index (χ4v) is 2.06. The third kappa shape index (κ3) is 1.02. The highest BCUT2D eigenvalue weighted by Gasteiger charge is 2.23. The van der Waals surface area contributed by atoms with Gasteiger partial charge in [-0.15, -0.1) is 0 Å². The van der Waals surface area contributed by atoms with Crippen LogP contribution in [0.3, 0.4) is 0 Å². The van der Waals surface area contributed by atoms with E-state index in [2.05, 4.69) is 4.98 Å². The fraction of sp³-hybridized carbons (Fsp3) is 0.143. The van der Waals surface area contributed by atoms with Crippen LogP contribution in [0, 0.1) is 0 Å². The normalized spacial score (nSPS) is 14.5. The smallest absolute Gasteiger partial charge is 0.320 e. The first-order valence-electron chi connectivity index (χ1n) is 3.44. The van der Waals surface area contributed by atoms with E-state index in [0.29, 0.717) is 5.88 Å². The average molecular weight is 181 g/mol. The Hall–Kier alpha value is -1.23. The van der Waals surface area contributed by atoms with Gasteiger partial charge in [-0.1, -0.05) is 11.8 Å². The number of carbonyl (C=O) groups excluding carboxylic acids is 1. The Morgan fingerprint density at radius 2 is 2.58 bits per heavy atom. The second-order valence-corrected chi connectivity index (χ2v) is 3.30. The van der Waals surface area contributed by atoms with Crippen molar-refractivity contribution in [2.24, 2.45) is 5.73 Å². The minimum atomic E-state index is -0.422. The second kappa shape index (κ2) is 2.67. The molecule has 1 aliphatic rings. The van der Waals surface area contributed by atoms with Gasteiger partial charge in [-0.2, -0.15) is 0 Å². The monoisotopic (exact) mass is 181 g/mol. The number of anilines is 1. The molecule has 0 unspecified atom stereocenters. The third-order valence-corrected chi connectivity index (χ3v) is 2.61. The first kappa shape index (κ1) is 7.42. The molecule has 0 spiro atoms. The maximum atomic E-state index is 10.9. The molecule has 2 amide bonds.